The van der Waals surface area contributed by atoms with Crippen molar-refractivity contribution in [3.05, 3.63) is 90.1 Å². The molecule has 1 aliphatic rings. The van der Waals surface area contributed by atoms with Gasteiger partial charge in [0.2, 0.25) is 5.95 Å². The van der Waals surface area contributed by atoms with Gasteiger partial charge >= 0.3 is 0 Å². The zero-order chi connectivity index (χ0) is 25.5. The largest absolute Gasteiger partial charge is 0.497 e. The Labute approximate surface area is 216 Å². The summed E-state index contributed by atoms with van der Waals surface area (Å²) in [6.07, 6.45) is 1.70. The molecule has 0 unspecified atom stereocenters. The predicted molar refractivity (Wildman–Crippen MR) is 142 cm³/mol. The fourth-order valence-corrected chi connectivity index (χ4v) is 4.07. The average molecular weight is 494 g/mol. The molecule has 8 nitrogen and oxygen atoms in total. The minimum atomic E-state index is 0.351. The highest BCUT2D eigenvalue weighted by atomic mass is 16.5. The number of nitriles is 1. The van der Waals surface area contributed by atoms with Crippen molar-refractivity contribution in [3.8, 4) is 28.8 Å². The van der Waals surface area contributed by atoms with Gasteiger partial charge < -0.3 is 24.4 Å². The van der Waals surface area contributed by atoms with Gasteiger partial charge in [-0.1, -0.05) is 12.1 Å². The first-order valence-electron chi connectivity index (χ1n) is 12.0. The zero-order valence-electron chi connectivity index (χ0n) is 20.6. The van der Waals surface area contributed by atoms with Gasteiger partial charge in [-0.25, -0.2) is 9.97 Å². The number of nitrogens with zero attached hydrogens (tertiary/aromatic N) is 4. The van der Waals surface area contributed by atoms with Crippen molar-refractivity contribution in [1.82, 2.24) is 9.97 Å². The summed E-state index contributed by atoms with van der Waals surface area (Å²) in [4.78, 5) is 11.3. The lowest BCUT2D eigenvalue weighted by Crippen LogP contribution is -2.36. The summed E-state index contributed by atoms with van der Waals surface area (Å²) >= 11 is 0. The number of rotatable bonds is 8. The standard InChI is InChI=1S/C29H27N5O3/c1-35-26-9-2-21(3-10-26)20-37-28-11-4-22(18-23(28)19-30)27-12-13-31-29(33-27)32-24-5-7-25(8-6-24)34-14-16-36-17-15-34/h2-13,18H,14-17,20H2,1H3,(H,31,32,33). The minimum Gasteiger partial charge on any atom is -0.497 e. The van der Waals surface area contributed by atoms with E-state index in [0.29, 0.717) is 29.6 Å². The maximum atomic E-state index is 9.72. The third kappa shape index (κ3) is 5.97. The van der Waals surface area contributed by atoms with E-state index in [9.17, 15) is 5.26 Å². The maximum Gasteiger partial charge on any atom is 0.227 e. The molecule has 0 aliphatic carbocycles. The highest BCUT2D eigenvalue weighted by molar-refractivity contribution is 5.66. The second-order valence-electron chi connectivity index (χ2n) is 8.50. The first-order chi connectivity index (χ1) is 18.2. The van der Waals surface area contributed by atoms with Crippen molar-refractivity contribution in [3.63, 3.8) is 0 Å². The van der Waals surface area contributed by atoms with Crippen molar-refractivity contribution in [2.45, 2.75) is 6.61 Å². The van der Waals surface area contributed by atoms with E-state index in [1.807, 2.05) is 48.5 Å². The van der Waals surface area contributed by atoms with Gasteiger partial charge in [-0.2, -0.15) is 5.26 Å². The van der Waals surface area contributed by atoms with Crippen LogP contribution in [0.25, 0.3) is 11.3 Å². The van der Waals surface area contributed by atoms with Crippen LogP contribution in [0, 0.1) is 11.3 Å². The highest BCUT2D eigenvalue weighted by Gasteiger charge is 2.12. The Kier molecular flexibility index (Phi) is 7.44. The number of nitrogens with one attached hydrogen (secondary N) is 1. The molecule has 2 heterocycles. The van der Waals surface area contributed by atoms with E-state index in [0.717, 1.165) is 48.9 Å². The lowest BCUT2D eigenvalue weighted by atomic mass is 10.1. The van der Waals surface area contributed by atoms with Gasteiger partial charge in [-0.05, 0) is 66.2 Å². The SMILES string of the molecule is COc1ccc(COc2ccc(-c3ccnc(Nc4ccc(N5CCOCC5)cc4)n3)cc2C#N)cc1. The van der Waals surface area contributed by atoms with E-state index >= 15 is 0 Å². The van der Waals surface area contributed by atoms with E-state index in [-0.39, 0.29) is 0 Å². The summed E-state index contributed by atoms with van der Waals surface area (Å²) in [5, 5.41) is 13.0. The van der Waals surface area contributed by atoms with E-state index in [4.69, 9.17) is 14.2 Å². The summed E-state index contributed by atoms with van der Waals surface area (Å²) in [6.45, 7) is 3.65. The van der Waals surface area contributed by atoms with Gasteiger partial charge in [-0.15, -0.1) is 0 Å². The van der Waals surface area contributed by atoms with Gasteiger partial charge in [0.1, 0.15) is 24.2 Å². The first-order valence-corrected chi connectivity index (χ1v) is 12.0. The van der Waals surface area contributed by atoms with Crippen molar-refractivity contribution >= 4 is 17.3 Å². The molecule has 5 rings (SSSR count). The highest BCUT2D eigenvalue weighted by Crippen LogP contribution is 2.27. The van der Waals surface area contributed by atoms with Crippen LogP contribution in [0.2, 0.25) is 0 Å². The smallest absolute Gasteiger partial charge is 0.227 e. The molecule has 0 bridgehead atoms. The van der Waals surface area contributed by atoms with Gasteiger partial charge in [-0.3, -0.25) is 0 Å². The van der Waals surface area contributed by atoms with Crippen LogP contribution in [0.3, 0.4) is 0 Å². The second kappa shape index (κ2) is 11.4. The first kappa shape index (κ1) is 24.1. The third-order valence-corrected chi connectivity index (χ3v) is 6.10. The Morgan fingerprint density at radius 2 is 1.78 bits per heavy atom. The summed E-state index contributed by atoms with van der Waals surface area (Å²) in [7, 11) is 1.63. The Morgan fingerprint density at radius 1 is 1.00 bits per heavy atom. The number of hydrogen-bond acceptors (Lipinski definition) is 8. The average Bonchev–Trinajstić information content (AvgIpc) is 2.97. The molecule has 0 atom stereocenters. The van der Waals surface area contributed by atoms with Crippen LogP contribution in [0.15, 0.2) is 79.0 Å². The zero-order valence-corrected chi connectivity index (χ0v) is 20.6. The lowest BCUT2D eigenvalue weighted by Gasteiger charge is -2.28. The van der Waals surface area contributed by atoms with Crippen LogP contribution in [-0.2, 0) is 11.3 Å². The number of hydrogen-bond donors (Lipinski definition) is 1. The number of ether oxygens (including phenoxy) is 3. The van der Waals surface area contributed by atoms with Crippen LogP contribution in [-0.4, -0.2) is 43.4 Å². The molecule has 1 N–H and O–H groups in total. The van der Waals surface area contributed by atoms with Crippen LogP contribution in [0.1, 0.15) is 11.1 Å². The van der Waals surface area contributed by atoms with Crippen molar-refractivity contribution in [2.75, 3.05) is 43.6 Å². The lowest BCUT2D eigenvalue weighted by molar-refractivity contribution is 0.122. The normalized spacial score (nSPS) is 13.0. The molecule has 0 amide bonds. The molecule has 186 valence electrons. The molecule has 37 heavy (non-hydrogen) atoms. The van der Waals surface area contributed by atoms with E-state index in [2.05, 4.69) is 38.4 Å². The quantitative estimate of drug-likeness (QED) is 0.359. The number of aromatic nitrogens is 2. The number of benzene rings is 3. The Balaban J connectivity index is 1.27. The van der Waals surface area contributed by atoms with Crippen LogP contribution in [0.5, 0.6) is 11.5 Å². The Morgan fingerprint density at radius 3 is 2.51 bits per heavy atom. The fraction of sp³-hybridized carbons (Fsp3) is 0.207. The molecule has 0 spiro atoms. The van der Waals surface area contributed by atoms with Gasteiger partial charge in [0.15, 0.2) is 0 Å². The summed E-state index contributed by atoms with van der Waals surface area (Å²) in [5.41, 5.74) is 5.01. The van der Waals surface area contributed by atoms with Gasteiger partial charge in [0.25, 0.3) is 0 Å². The van der Waals surface area contributed by atoms with Gasteiger partial charge in [0, 0.05) is 36.2 Å². The second-order valence-corrected chi connectivity index (χ2v) is 8.50. The van der Waals surface area contributed by atoms with E-state index < -0.39 is 0 Å². The van der Waals surface area contributed by atoms with Crippen LogP contribution < -0.4 is 19.7 Å². The molecule has 1 aliphatic heterocycles. The molecule has 0 saturated carbocycles. The molecule has 1 fully saturated rings. The van der Waals surface area contributed by atoms with Crippen molar-refractivity contribution < 1.29 is 14.2 Å². The third-order valence-electron chi connectivity index (χ3n) is 6.10. The number of morpholine rings is 1. The molecule has 1 aromatic heterocycles. The summed E-state index contributed by atoms with van der Waals surface area (Å²) in [6, 6.07) is 25.4. The molecule has 3 aromatic carbocycles. The van der Waals surface area contributed by atoms with Crippen molar-refractivity contribution in [2.24, 2.45) is 0 Å². The van der Waals surface area contributed by atoms with Crippen LogP contribution in [0.4, 0.5) is 17.3 Å². The molecular formula is C29H27N5O3. The predicted octanol–water partition coefficient (Wildman–Crippen LogP) is 5.18. The van der Waals surface area contributed by atoms with Crippen molar-refractivity contribution in [1.29, 1.82) is 5.26 Å². The van der Waals surface area contributed by atoms with E-state index in [1.54, 1.807) is 25.4 Å². The Hall–Kier alpha value is -4.61. The minimum absolute atomic E-state index is 0.351. The molecule has 0 radical (unpaired) electrons. The number of anilines is 3. The Bertz CT molecular complexity index is 1380. The monoisotopic (exact) mass is 493 g/mol. The fourth-order valence-electron chi connectivity index (χ4n) is 4.07. The molecule has 8 heteroatoms. The molecule has 4 aromatic rings. The topological polar surface area (TPSA) is 92.5 Å². The molecular weight excluding hydrogens is 466 g/mol. The number of methoxy groups -OCH3 is 1. The van der Waals surface area contributed by atoms with Crippen LogP contribution >= 0.6 is 0 Å². The summed E-state index contributed by atoms with van der Waals surface area (Å²) in [5.74, 6) is 1.79. The summed E-state index contributed by atoms with van der Waals surface area (Å²) < 4.78 is 16.5. The van der Waals surface area contributed by atoms with E-state index in [1.165, 1.54) is 5.69 Å². The van der Waals surface area contributed by atoms with Gasteiger partial charge in [0.05, 0.1) is 31.6 Å². The molecule has 1 saturated heterocycles. The maximum absolute atomic E-state index is 9.72.